The molecule has 0 unspecified atom stereocenters. The Morgan fingerprint density at radius 2 is 1.47 bits per heavy atom. The molecule has 2 heterocycles. The van der Waals surface area contributed by atoms with E-state index < -0.39 is 8.07 Å². The topological polar surface area (TPSA) is 53.4 Å². The van der Waals surface area contributed by atoms with Gasteiger partial charge in [0.05, 0.1) is 13.8 Å². The van der Waals surface area contributed by atoms with Crippen LogP contribution in [0.2, 0.25) is 19.6 Å². The molecule has 4 nitrogen and oxygen atoms in total. The van der Waals surface area contributed by atoms with Crippen LogP contribution >= 0.6 is 0 Å². The average molecular weight is 820 g/mol. The fourth-order valence-electron chi connectivity index (χ4n) is 6.37. The van der Waals surface area contributed by atoms with Gasteiger partial charge in [0.15, 0.2) is 5.78 Å². The number of hydrogen-bond acceptors (Lipinski definition) is 4. The molecular weight excluding hydrogens is 773 g/mol. The van der Waals surface area contributed by atoms with Gasteiger partial charge in [-0.2, -0.15) is 0 Å². The van der Waals surface area contributed by atoms with Crippen LogP contribution in [-0.4, -0.2) is 23.9 Å². The number of para-hydroxylation sites is 1. The van der Waals surface area contributed by atoms with Crippen molar-refractivity contribution in [3.8, 4) is 11.3 Å². The quantitative estimate of drug-likeness (QED) is 0.0683. The van der Waals surface area contributed by atoms with Gasteiger partial charge in [-0.3, -0.25) is 9.78 Å². The van der Waals surface area contributed by atoms with Crippen molar-refractivity contribution in [1.29, 1.82) is 0 Å². The molecule has 1 aliphatic heterocycles. The number of nitrogens with zero attached hydrogens (tertiary/aromatic N) is 2. The summed E-state index contributed by atoms with van der Waals surface area (Å²) in [5.41, 5.74) is 5.63. The van der Waals surface area contributed by atoms with Crippen molar-refractivity contribution in [2.24, 2.45) is 11.8 Å². The molecule has 0 aliphatic carbocycles. The van der Waals surface area contributed by atoms with E-state index in [0.717, 1.165) is 53.7 Å². The summed E-state index contributed by atoms with van der Waals surface area (Å²) in [7, 11) is -1.51. The molecule has 0 amide bonds. The van der Waals surface area contributed by atoms with Crippen LogP contribution in [0.4, 0.5) is 17.1 Å². The Kier molecular flexibility index (Phi) is 12.0. The number of allylic oxidation sites excluding steroid dienone is 2. The van der Waals surface area contributed by atoms with Gasteiger partial charge in [-0.25, -0.2) is 0 Å². The van der Waals surface area contributed by atoms with E-state index in [1.54, 1.807) is 0 Å². The van der Waals surface area contributed by atoms with E-state index in [2.05, 4.69) is 109 Å². The van der Waals surface area contributed by atoms with Crippen molar-refractivity contribution in [3.05, 3.63) is 103 Å². The van der Waals surface area contributed by atoms with Gasteiger partial charge in [-0.05, 0) is 66.4 Å². The number of carbonyl (C=O) groups is 1. The zero-order valence-electron chi connectivity index (χ0n) is 28.7. The van der Waals surface area contributed by atoms with Crippen LogP contribution in [0.1, 0.15) is 53.4 Å². The van der Waals surface area contributed by atoms with Gasteiger partial charge in [0.1, 0.15) is 0 Å². The minimum absolute atomic E-state index is 0. The van der Waals surface area contributed by atoms with Crippen molar-refractivity contribution in [1.82, 2.24) is 4.98 Å². The van der Waals surface area contributed by atoms with Crippen LogP contribution in [-0.2, 0) is 24.9 Å². The Morgan fingerprint density at radius 1 is 0.830 bits per heavy atom. The van der Waals surface area contributed by atoms with Crippen LogP contribution in [0.5, 0.6) is 0 Å². The third kappa shape index (κ3) is 7.61. The molecular formula is C41H47IrN2O2Si-. The molecule has 1 aliphatic rings. The molecule has 247 valence electrons. The molecule has 0 fully saturated rings. The molecule has 6 rings (SSSR count). The first kappa shape index (κ1) is 36.3. The van der Waals surface area contributed by atoms with Crippen molar-refractivity contribution < 1.29 is 30.0 Å². The second-order valence-electron chi connectivity index (χ2n) is 13.3. The number of benzene rings is 4. The van der Waals surface area contributed by atoms with Gasteiger partial charge in [0.25, 0.3) is 0 Å². The van der Waals surface area contributed by atoms with E-state index in [-0.39, 0.29) is 43.5 Å². The predicted octanol–water partition coefficient (Wildman–Crippen LogP) is 11.1. The van der Waals surface area contributed by atoms with Gasteiger partial charge in [0.2, 0.25) is 0 Å². The number of anilines is 3. The average Bonchev–Trinajstić information content (AvgIpc) is 3.05. The van der Waals surface area contributed by atoms with E-state index in [1.165, 1.54) is 33.1 Å². The fraction of sp³-hybridized carbons (Fsp3) is 0.317. The number of fused-ring (bicyclic) bond motifs is 3. The molecule has 0 bridgehead atoms. The smallest absolute Gasteiger partial charge is 0.162 e. The largest absolute Gasteiger partial charge is 0.512 e. The summed E-state index contributed by atoms with van der Waals surface area (Å²) in [6, 6.07) is 32.1. The number of ketones is 1. The molecule has 1 N–H and O–H groups in total. The number of aromatic nitrogens is 1. The third-order valence-corrected chi connectivity index (χ3v) is 11.3. The first-order valence-corrected chi connectivity index (χ1v) is 20.3. The summed E-state index contributed by atoms with van der Waals surface area (Å²) in [5.74, 6) is 0.547. The van der Waals surface area contributed by atoms with Crippen molar-refractivity contribution in [3.63, 3.8) is 0 Å². The molecule has 5 aromatic rings. The summed E-state index contributed by atoms with van der Waals surface area (Å²) in [6.45, 7) is 15.3. The van der Waals surface area contributed by atoms with Crippen LogP contribution < -0.4 is 10.1 Å². The zero-order chi connectivity index (χ0) is 33.0. The van der Waals surface area contributed by atoms with Gasteiger partial charge in [-0.1, -0.05) is 112 Å². The Balaban J connectivity index is 0.000000269. The zero-order valence-corrected chi connectivity index (χ0v) is 32.1. The minimum atomic E-state index is -1.51. The number of pyridine rings is 1. The maximum absolute atomic E-state index is 11.7. The standard InChI is InChI=1S/C28H23N2Si.C13H24O2.Ir/c1-31(2,3)23-15-21-13-14-29-28-24-16-19-9-7-8-10-20(19)17-25(24)30(26(18-23)27(21)28)22-11-5-4-6-12-22;1-5-10(6-2)12(14)9-13(15)11(7-3)8-4;/h4-15,17-18H,1-3H3;9-11,14H,5-8H2,1-4H3;/q-1;;/b;12-9-;. The van der Waals surface area contributed by atoms with E-state index in [0.29, 0.717) is 0 Å². The molecule has 0 atom stereocenters. The van der Waals surface area contributed by atoms with E-state index in [9.17, 15) is 9.90 Å². The fourth-order valence-corrected chi connectivity index (χ4v) is 7.53. The maximum atomic E-state index is 11.7. The first-order chi connectivity index (χ1) is 22.1. The van der Waals surface area contributed by atoms with Crippen LogP contribution in [0.25, 0.3) is 32.8 Å². The number of aliphatic hydroxyl groups excluding tert-OH is 1. The Labute approximate surface area is 295 Å². The van der Waals surface area contributed by atoms with Crippen molar-refractivity contribution >= 4 is 57.7 Å². The van der Waals surface area contributed by atoms with E-state index in [4.69, 9.17) is 4.98 Å². The van der Waals surface area contributed by atoms with E-state index >= 15 is 0 Å². The molecule has 1 aromatic heterocycles. The second-order valence-corrected chi connectivity index (χ2v) is 18.4. The minimum Gasteiger partial charge on any atom is -0.512 e. The molecule has 47 heavy (non-hydrogen) atoms. The normalized spacial score (nSPS) is 12.5. The third-order valence-electron chi connectivity index (χ3n) is 9.29. The SMILES string of the molecule is CCC(CC)C(=O)/C=C(\O)C(CC)CC.C[Si](C)(C)c1cc2c3c(nccc3c1)-c1[c-]c3ccccc3cc1N2c1ccccc1.[Ir]. The first-order valence-electron chi connectivity index (χ1n) is 16.8. The van der Waals surface area contributed by atoms with Gasteiger partial charge < -0.3 is 10.0 Å². The Bertz CT molecular complexity index is 1870. The number of aliphatic hydroxyl groups is 1. The van der Waals surface area contributed by atoms with Gasteiger partial charge in [-0.15, -0.1) is 17.5 Å². The second kappa shape index (κ2) is 15.6. The number of carbonyl (C=O) groups excluding carboxylic acids is 1. The Hall–Kier alpha value is -3.57. The van der Waals surface area contributed by atoms with Crippen LogP contribution in [0.3, 0.4) is 0 Å². The maximum Gasteiger partial charge on any atom is 0.162 e. The molecule has 0 saturated carbocycles. The molecule has 0 saturated heterocycles. The summed E-state index contributed by atoms with van der Waals surface area (Å²) in [6.07, 6.45) is 6.85. The van der Waals surface area contributed by atoms with Gasteiger partial charge in [0, 0.05) is 61.3 Å². The number of rotatable bonds is 9. The van der Waals surface area contributed by atoms with Gasteiger partial charge >= 0.3 is 0 Å². The summed E-state index contributed by atoms with van der Waals surface area (Å²) in [5, 5.41) is 16.0. The summed E-state index contributed by atoms with van der Waals surface area (Å²) < 4.78 is 0. The predicted molar refractivity (Wildman–Crippen MR) is 199 cm³/mol. The van der Waals surface area contributed by atoms with E-state index in [1.807, 2.05) is 33.9 Å². The van der Waals surface area contributed by atoms with Crippen LogP contribution in [0, 0.1) is 17.9 Å². The van der Waals surface area contributed by atoms with Crippen molar-refractivity contribution in [2.75, 3.05) is 4.90 Å². The monoisotopic (exact) mass is 820 g/mol. The molecule has 1 radical (unpaired) electrons. The molecule has 0 spiro atoms. The van der Waals surface area contributed by atoms with Crippen molar-refractivity contribution in [2.45, 2.75) is 73.0 Å². The summed E-state index contributed by atoms with van der Waals surface area (Å²) in [4.78, 5) is 19.0. The summed E-state index contributed by atoms with van der Waals surface area (Å²) >= 11 is 0. The number of hydrogen-bond donors (Lipinski definition) is 1. The molecule has 4 aromatic carbocycles. The van der Waals surface area contributed by atoms with Crippen LogP contribution in [0.15, 0.2) is 96.9 Å². The molecule has 6 heteroatoms. The Morgan fingerprint density at radius 3 is 2.11 bits per heavy atom.